The molecule has 3 saturated heterocycles. The van der Waals surface area contributed by atoms with Gasteiger partial charge in [0.05, 0.1) is 25.2 Å². The first-order valence-electron chi connectivity index (χ1n) is 15.4. The minimum Gasteiger partial charge on any atom is -0.508 e. The largest absolute Gasteiger partial charge is 0.508 e. The van der Waals surface area contributed by atoms with Crippen molar-refractivity contribution in [1.82, 2.24) is 0 Å². The molecule has 3 aromatic rings. The summed E-state index contributed by atoms with van der Waals surface area (Å²) >= 11 is 0. The third kappa shape index (κ3) is 5.79. The standard InChI is InChI=1S/C35H40N2O6/c36-32(21-25-13-17-30(38)18-14-25)33(39)41-24-42-35(26-9-3-1-4-10-26,27-11-5-2-6-12-27)34(40)43-31-22-28-15-16-29(23-31)37(28)19-7-8-20-37/h1-6,9-14,17-18,28-29,31-32H,7-8,15-16,19-24,36H2/p+1/t28?,29?,31?,32-/m0/s1. The average molecular weight is 586 g/mol. The van der Waals surface area contributed by atoms with Crippen LogP contribution in [-0.2, 0) is 35.8 Å². The fourth-order valence-electron chi connectivity index (χ4n) is 7.77. The Kier molecular flexibility index (Phi) is 8.52. The molecule has 0 aliphatic carbocycles. The van der Waals surface area contributed by atoms with Crippen LogP contribution < -0.4 is 5.73 Å². The maximum absolute atomic E-state index is 14.4. The number of aromatic hydroxyl groups is 1. The van der Waals surface area contributed by atoms with E-state index < -0.39 is 30.4 Å². The van der Waals surface area contributed by atoms with Crippen LogP contribution in [0.4, 0.5) is 0 Å². The number of benzene rings is 3. The van der Waals surface area contributed by atoms with Gasteiger partial charge in [0.2, 0.25) is 5.60 Å². The molecule has 43 heavy (non-hydrogen) atoms. The fraction of sp³-hybridized carbons (Fsp3) is 0.429. The van der Waals surface area contributed by atoms with Gasteiger partial charge in [-0.25, -0.2) is 4.79 Å². The van der Waals surface area contributed by atoms with Crippen molar-refractivity contribution in [2.45, 2.75) is 74.8 Å². The number of hydrogen-bond acceptors (Lipinski definition) is 7. The zero-order valence-electron chi connectivity index (χ0n) is 24.5. The summed E-state index contributed by atoms with van der Waals surface area (Å²) in [5.41, 5.74) is 6.48. The molecule has 3 heterocycles. The highest BCUT2D eigenvalue weighted by Crippen LogP contribution is 2.47. The summed E-state index contributed by atoms with van der Waals surface area (Å²) in [5, 5.41) is 9.53. The number of esters is 2. The van der Waals surface area contributed by atoms with Gasteiger partial charge in [0.1, 0.15) is 17.9 Å². The van der Waals surface area contributed by atoms with Crippen molar-refractivity contribution in [3.63, 3.8) is 0 Å². The highest BCUT2D eigenvalue weighted by molar-refractivity contribution is 5.86. The molecule has 3 aromatic carbocycles. The summed E-state index contributed by atoms with van der Waals surface area (Å²) in [5.74, 6) is -1.02. The van der Waals surface area contributed by atoms with E-state index in [0.717, 1.165) is 18.4 Å². The predicted molar refractivity (Wildman–Crippen MR) is 161 cm³/mol. The molecule has 226 valence electrons. The Bertz CT molecular complexity index is 1340. The normalized spacial score (nSPS) is 23.1. The quantitative estimate of drug-likeness (QED) is 0.204. The molecular formula is C35H41N2O6+. The molecule has 0 saturated carbocycles. The maximum Gasteiger partial charge on any atom is 0.348 e. The van der Waals surface area contributed by atoms with Crippen LogP contribution in [0.1, 0.15) is 55.2 Å². The lowest BCUT2D eigenvalue weighted by Gasteiger charge is -2.47. The summed E-state index contributed by atoms with van der Waals surface area (Å²) in [6.45, 7) is 2.01. The lowest BCUT2D eigenvalue weighted by atomic mass is 9.85. The van der Waals surface area contributed by atoms with E-state index in [9.17, 15) is 14.7 Å². The molecule has 0 amide bonds. The zero-order chi connectivity index (χ0) is 29.9. The van der Waals surface area contributed by atoms with Crippen LogP contribution >= 0.6 is 0 Å². The molecular weight excluding hydrogens is 544 g/mol. The summed E-state index contributed by atoms with van der Waals surface area (Å²) < 4.78 is 19.4. The number of hydrogen-bond donors (Lipinski definition) is 2. The molecule has 3 N–H and O–H groups in total. The molecule has 2 unspecified atom stereocenters. The fourth-order valence-corrected chi connectivity index (χ4v) is 7.77. The molecule has 1 spiro atoms. The van der Waals surface area contributed by atoms with E-state index in [1.165, 1.54) is 43.3 Å². The van der Waals surface area contributed by atoms with Gasteiger partial charge < -0.3 is 29.5 Å². The first-order valence-corrected chi connectivity index (χ1v) is 15.4. The molecule has 3 aliphatic heterocycles. The monoisotopic (exact) mass is 585 g/mol. The summed E-state index contributed by atoms with van der Waals surface area (Å²) in [4.78, 5) is 27.3. The highest BCUT2D eigenvalue weighted by Gasteiger charge is 2.57. The first kappa shape index (κ1) is 29.4. The van der Waals surface area contributed by atoms with Crippen LogP contribution in [-0.4, -0.2) is 65.6 Å². The highest BCUT2D eigenvalue weighted by atomic mass is 16.7. The van der Waals surface area contributed by atoms with Crippen molar-refractivity contribution in [2.24, 2.45) is 5.73 Å². The number of phenols is 1. The van der Waals surface area contributed by atoms with Gasteiger partial charge in [0, 0.05) is 38.5 Å². The Labute approximate surface area is 252 Å². The molecule has 0 radical (unpaired) electrons. The summed E-state index contributed by atoms with van der Waals surface area (Å²) in [7, 11) is 0. The third-order valence-electron chi connectivity index (χ3n) is 9.85. The second-order valence-electron chi connectivity index (χ2n) is 12.3. The average Bonchev–Trinajstić information content (AvgIpc) is 3.57. The molecule has 2 bridgehead atoms. The number of carbonyl (C=O) groups excluding carboxylic acids is 2. The Morgan fingerprint density at radius 1 is 0.860 bits per heavy atom. The number of nitrogens with two attached hydrogens (primary N) is 1. The molecule has 8 heteroatoms. The third-order valence-corrected chi connectivity index (χ3v) is 9.85. The lowest BCUT2D eigenvalue weighted by Crippen LogP contribution is -2.60. The van der Waals surface area contributed by atoms with Crippen LogP contribution in [0.25, 0.3) is 0 Å². The second-order valence-corrected chi connectivity index (χ2v) is 12.3. The van der Waals surface area contributed by atoms with Gasteiger partial charge in [-0.05, 0) is 35.2 Å². The Balaban J connectivity index is 1.22. The number of nitrogens with zero attached hydrogens (tertiary/aromatic N) is 1. The number of ether oxygens (including phenoxy) is 3. The maximum atomic E-state index is 14.4. The number of piperidine rings is 1. The van der Waals surface area contributed by atoms with E-state index in [0.29, 0.717) is 23.2 Å². The Morgan fingerprint density at radius 2 is 1.42 bits per heavy atom. The number of rotatable bonds is 10. The number of carbonyl (C=O) groups is 2. The Hall–Kier alpha value is -3.72. The summed E-state index contributed by atoms with van der Waals surface area (Å²) in [6, 6.07) is 25.1. The summed E-state index contributed by atoms with van der Waals surface area (Å²) in [6.07, 6.45) is 6.73. The van der Waals surface area contributed by atoms with Crippen molar-refractivity contribution >= 4 is 11.9 Å². The SMILES string of the molecule is N[C@@H](Cc1ccc(O)cc1)C(=O)OCOC(C(=O)OC1CC2CCC(C1)[N+]21CCCC1)(c1ccccc1)c1ccccc1. The van der Waals surface area contributed by atoms with Crippen LogP contribution in [0, 0.1) is 0 Å². The Morgan fingerprint density at radius 3 is 1.98 bits per heavy atom. The molecule has 8 nitrogen and oxygen atoms in total. The van der Waals surface area contributed by atoms with Gasteiger partial charge in [-0.3, -0.25) is 4.79 Å². The second kappa shape index (κ2) is 12.5. The van der Waals surface area contributed by atoms with Gasteiger partial charge in [-0.1, -0.05) is 72.8 Å². The van der Waals surface area contributed by atoms with Crippen LogP contribution in [0.3, 0.4) is 0 Å². The van der Waals surface area contributed by atoms with E-state index in [-0.39, 0.29) is 18.3 Å². The van der Waals surface area contributed by atoms with Gasteiger partial charge >= 0.3 is 11.9 Å². The van der Waals surface area contributed by atoms with Crippen LogP contribution in [0.15, 0.2) is 84.9 Å². The molecule has 3 atom stereocenters. The van der Waals surface area contributed by atoms with Crippen LogP contribution in [0.5, 0.6) is 5.75 Å². The topological polar surface area (TPSA) is 108 Å². The smallest absolute Gasteiger partial charge is 0.348 e. The van der Waals surface area contributed by atoms with Crippen molar-refractivity contribution in [3.05, 3.63) is 102 Å². The van der Waals surface area contributed by atoms with E-state index >= 15 is 0 Å². The molecule has 6 rings (SSSR count). The zero-order valence-corrected chi connectivity index (χ0v) is 24.5. The van der Waals surface area contributed by atoms with Gasteiger partial charge in [-0.2, -0.15) is 0 Å². The van der Waals surface area contributed by atoms with E-state index in [1.54, 1.807) is 24.3 Å². The predicted octanol–water partition coefficient (Wildman–Crippen LogP) is 4.57. The van der Waals surface area contributed by atoms with E-state index in [2.05, 4.69) is 0 Å². The van der Waals surface area contributed by atoms with Gasteiger partial charge in [-0.15, -0.1) is 0 Å². The van der Waals surface area contributed by atoms with Crippen molar-refractivity contribution < 1.29 is 33.4 Å². The van der Waals surface area contributed by atoms with Crippen LogP contribution in [0.2, 0.25) is 0 Å². The molecule has 0 aromatic heterocycles. The molecule has 3 fully saturated rings. The minimum absolute atomic E-state index is 0.135. The van der Waals surface area contributed by atoms with Crippen molar-refractivity contribution in [3.8, 4) is 5.75 Å². The number of phenolic OH excluding ortho intramolecular Hbond substituents is 1. The van der Waals surface area contributed by atoms with Gasteiger partial charge in [0.15, 0.2) is 6.79 Å². The first-order chi connectivity index (χ1) is 20.9. The van der Waals surface area contributed by atoms with E-state index in [4.69, 9.17) is 19.9 Å². The minimum atomic E-state index is -1.64. The van der Waals surface area contributed by atoms with E-state index in [1.807, 2.05) is 60.7 Å². The van der Waals surface area contributed by atoms with Crippen molar-refractivity contribution in [1.29, 1.82) is 0 Å². The number of quaternary nitrogens is 1. The van der Waals surface area contributed by atoms with Gasteiger partial charge in [0.25, 0.3) is 0 Å². The van der Waals surface area contributed by atoms with Crippen molar-refractivity contribution in [2.75, 3.05) is 19.9 Å². The molecule has 3 aliphatic rings. The lowest BCUT2D eigenvalue weighted by molar-refractivity contribution is -0.956.